The van der Waals surface area contributed by atoms with Crippen LogP contribution in [-0.4, -0.2) is 58.0 Å². The highest BCUT2D eigenvalue weighted by atomic mass is 32.2. The summed E-state index contributed by atoms with van der Waals surface area (Å²) in [5, 5.41) is 3.14. The number of aliphatic imine (C=N–C) groups is 1. The maximum Gasteiger partial charge on any atom is 0.193 e. The van der Waals surface area contributed by atoms with Crippen LogP contribution in [0, 0.1) is 0 Å². The van der Waals surface area contributed by atoms with Gasteiger partial charge in [-0.2, -0.15) is 0 Å². The van der Waals surface area contributed by atoms with E-state index in [4.69, 9.17) is 0 Å². The number of hydrogen-bond acceptors (Lipinski definition) is 3. The number of guanidine groups is 1. The Morgan fingerprint density at radius 2 is 2.10 bits per heavy atom. The number of rotatable bonds is 4. The van der Waals surface area contributed by atoms with E-state index in [-0.39, 0.29) is 5.75 Å². The third kappa shape index (κ3) is 4.74. The first-order valence-corrected chi connectivity index (χ1v) is 9.24. The fourth-order valence-corrected chi connectivity index (χ4v) is 3.10. The Labute approximate surface area is 127 Å². The molecule has 0 spiro atoms. The zero-order valence-corrected chi connectivity index (χ0v) is 13.4. The van der Waals surface area contributed by atoms with E-state index < -0.39 is 9.84 Å². The van der Waals surface area contributed by atoms with E-state index in [1.54, 1.807) is 7.05 Å². The summed E-state index contributed by atoms with van der Waals surface area (Å²) in [4.78, 5) is 6.45. The highest BCUT2D eigenvalue weighted by Crippen LogP contribution is 2.26. The number of nitrogens with zero attached hydrogens (tertiary/aromatic N) is 2. The maximum absolute atomic E-state index is 11.2. The average Bonchev–Trinajstić information content (AvgIpc) is 2.93. The number of sulfone groups is 1. The van der Waals surface area contributed by atoms with E-state index in [9.17, 15) is 8.42 Å². The molecule has 116 valence electrons. The summed E-state index contributed by atoms with van der Waals surface area (Å²) in [7, 11) is -1.21. The van der Waals surface area contributed by atoms with E-state index in [1.807, 2.05) is 6.07 Å². The summed E-state index contributed by atoms with van der Waals surface area (Å²) in [6, 6.07) is 10.5. The molecule has 1 aliphatic heterocycles. The van der Waals surface area contributed by atoms with Crippen LogP contribution < -0.4 is 5.32 Å². The van der Waals surface area contributed by atoms with Crippen molar-refractivity contribution in [3.05, 3.63) is 35.9 Å². The van der Waals surface area contributed by atoms with Gasteiger partial charge in [-0.3, -0.25) is 4.99 Å². The molecular weight excluding hydrogens is 286 g/mol. The molecule has 1 unspecified atom stereocenters. The minimum absolute atomic E-state index is 0.127. The fourth-order valence-electron chi connectivity index (χ4n) is 2.63. The molecule has 0 saturated carbocycles. The van der Waals surface area contributed by atoms with Crippen molar-refractivity contribution >= 4 is 15.8 Å². The smallest absolute Gasteiger partial charge is 0.193 e. The van der Waals surface area contributed by atoms with Crippen LogP contribution in [0.15, 0.2) is 35.3 Å². The first-order chi connectivity index (χ1) is 9.99. The lowest BCUT2D eigenvalue weighted by Gasteiger charge is -2.21. The van der Waals surface area contributed by atoms with Gasteiger partial charge < -0.3 is 10.2 Å². The molecular formula is C15H23N3O2S. The van der Waals surface area contributed by atoms with Gasteiger partial charge >= 0.3 is 0 Å². The quantitative estimate of drug-likeness (QED) is 0.668. The van der Waals surface area contributed by atoms with Gasteiger partial charge in [0, 0.05) is 38.9 Å². The zero-order chi connectivity index (χ0) is 15.3. The van der Waals surface area contributed by atoms with Crippen molar-refractivity contribution in [2.75, 3.05) is 38.7 Å². The van der Waals surface area contributed by atoms with Crippen LogP contribution in [0.4, 0.5) is 0 Å². The van der Waals surface area contributed by atoms with Gasteiger partial charge in [0.15, 0.2) is 5.96 Å². The lowest BCUT2D eigenvalue weighted by atomic mass is 9.99. The van der Waals surface area contributed by atoms with Crippen molar-refractivity contribution in [3.8, 4) is 0 Å². The van der Waals surface area contributed by atoms with Crippen molar-refractivity contribution in [1.82, 2.24) is 10.2 Å². The largest absolute Gasteiger partial charge is 0.355 e. The molecule has 2 rings (SSSR count). The molecule has 0 amide bonds. The SMILES string of the molecule is CN=C(NCCS(C)(=O)=O)N1CCC(c2ccccc2)C1. The number of hydrogen-bond donors (Lipinski definition) is 1. The molecule has 1 aromatic rings. The fraction of sp³-hybridized carbons (Fsp3) is 0.533. The third-order valence-corrected chi connectivity index (χ3v) is 4.67. The molecule has 0 bridgehead atoms. The number of nitrogens with one attached hydrogen (secondary N) is 1. The second kappa shape index (κ2) is 6.93. The van der Waals surface area contributed by atoms with Crippen molar-refractivity contribution in [1.29, 1.82) is 0 Å². The first-order valence-electron chi connectivity index (χ1n) is 7.18. The van der Waals surface area contributed by atoms with Gasteiger partial charge in [-0.05, 0) is 12.0 Å². The lowest BCUT2D eigenvalue weighted by Crippen LogP contribution is -2.41. The molecule has 5 nitrogen and oxygen atoms in total. The van der Waals surface area contributed by atoms with Gasteiger partial charge in [-0.15, -0.1) is 0 Å². The van der Waals surface area contributed by atoms with Crippen LogP contribution in [0.5, 0.6) is 0 Å². The van der Waals surface area contributed by atoms with Crippen molar-refractivity contribution in [2.45, 2.75) is 12.3 Å². The van der Waals surface area contributed by atoms with Crippen LogP contribution >= 0.6 is 0 Å². The van der Waals surface area contributed by atoms with Crippen LogP contribution in [0.3, 0.4) is 0 Å². The average molecular weight is 309 g/mol. The van der Waals surface area contributed by atoms with Crippen LogP contribution in [-0.2, 0) is 9.84 Å². The lowest BCUT2D eigenvalue weighted by molar-refractivity contribution is 0.488. The van der Waals surface area contributed by atoms with Crippen LogP contribution in [0.2, 0.25) is 0 Å². The maximum atomic E-state index is 11.2. The monoisotopic (exact) mass is 309 g/mol. The predicted molar refractivity (Wildman–Crippen MR) is 86.4 cm³/mol. The second-order valence-electron chi connectivity index (χ2n) is 5.45. The highest BCUT2D eigenvalue weighted by Gasteiger charge is 2.25. The van der Waals surface area contributed by atoms with Crippen LogP contribution in [0.25, 0.3) is 0 Å². The molecule has 1 fully saturated rings. The van der Waals surface area contributed by atoms with Gasteiger partial charge in [0.2, 0.25) is 0 Å². The molecule has 1 saturated heterocycles. The topological polar surface area (TPSA) is 61.8 Å². The summed E-state index contributed by atoms with van der Waals surface area (Å²) in [5.74, 6) is 1.43. The molecule has 1 atom stereocenters. The normalized spacial score (nSPS) is 19.8. The summed E-state index contributed by atoms with van der Waals surface area (Å²) in [5.41, 5.74) is 1.35. The summed E-state index contributed by atoms with van der Waals surface area (Å²) in [6.45, 7) is 2.26. The Kier molecular flexibility index (Phi) is 5.22. The van der Waals surface area contributed by atoms with E-state index in [2.05, 4.69) is 39.5 Å². The Morgan fingerprint density at radius 1 is 1.38 bits per heavy atom. The predicted octanol–water partition coefficient (Wildman–Crippen LogP) is 1.10. The van der Waals surface area contributed by atoms with Gasteiger partial charge in [0.05, 0.1) is 5.75 Å². The molecule has 1 heterocycles. The van der Waals surface area contributed by atoms with Crippen molar-refractivity contribution in [2.24, 2.45) is 4.99 Å². The van der Waals surface area contributed by atoms with E-state index in [0.717, 1.165) is 25.5 Å². The molecule has 0 radical (unpaired) electrons. The minimum Gasteiger partial charge on any atom is -0.355 e. The first kappa shape index (κ1) is 15.8. The highest BCUT2D eigenvalue weighted by molar-refractivity contribution is 7.90. The van der Waals surface area contributed by atoms with E-state index in [1.165, 1.54) is 11.8 Å². The van der Waals surface area contributed by atoms with Gasteiger partial charge in [0.1, 0.15) is 9.84 Å². The molecule has 1 N–H and O–H groups in total. The van der Waals surface area contributed by atoms with Crippen molar-refractivity contribution in [3.63, 3.8) is 0 Å². The van der Waals surface area contributed by atoms with E-state index in [0.29, 0.717) is 12.5 Å². The Balaban J connectivity index is 1.90. The molecule has 1 aliphatic rings. The second-order valence-corrected chi connectivity index (χ2v) is 7.71. The zero-order valence-electron chi connectivity index (χ0n) is 12.6. The summed E-state index contributed by atoms with van der Waals surface area (Å²) >= 11 is 0. The third-order valence-electron chi connectivity index (χ3n) is 3.73. The van der Waals surface area contributed by atoms with Gasteiger partial charge in [-0.1, -0.05) is 30.3 Å². The summed E-state index contributed by atoms with van der Waals surface area (Å²) < 4.78 is 22.3. The molecule has 0 aromatic heterocycles. The molecule has 1 aromatic carbocycles. The molecule has 21 heavy (non-hydrogen) atoms. The summed E-state index contributed by atoms with van der Waals surface area (Å²) in [6.07, 6.45) is 2.34. The Morgan fingerprint density at radius 3 is 2.71 bits per heavy atom. The van der Waals surface area contributed by atoms with Crippen molar-refractivity contribution < 1.29 is 8.42 Å². The standard InChI is InChI=1S/C15H23N3O2S/c1-16-15(17-9-11-21(2,19)20)18-10-8-14(12-18)13-6-4-3-5-7-13/h3-7,14H,8-12H2,1-2H3,(H,16,17). The van der Waals surface area contributed by atoms with E-state index >= 15 is 0 Å². The molecule has 6 heteroatoms. The number of likely N-dealkylation sites (tertiary alicyclic amines) is 1. The Hall–Kier alpha value is -1.56. The number of benzene rings is 1. The van der Waals surface area contributed by atoms with Crippen LogP contribution in [0.1, 0.15) is 17.9 Å². The minimum atomic E-state index is -2.94. The Bertz CT molecular complexity index is 584. The van der Waals surface area contributed by atoms with Gasteiger partial charge in [-0.25, -0.2) is 8.42 Å². The molecule has 0 aliphatic carbocycles. The van der Waals surface area contributed by atoms with Gasteiger partial charge in [0.25, 0.3) is 0 Å².